The largest absolute Gasteiger partial charge is 0.358 e. The molecular formula is C15H13Br2N5O. The van der Waals surface area contributed by atoms with E-state index in [-0.39, 0.29) is 6.23 Å². The number of hydrogen-bond acceptors (Lipinski definition) is 5. The van der Waals surface area contributed by atoms with Crippen molar-refractivity contribution < 1.29 is 4.74 Å². The van der Waals surface area contributed by atoms with Crippen LogP contribution in [0.3, 0.4) is 0 Å². The number of ether oxygens (including phenoxy) is 1. The molecule has 1 unspecified atom stereocenters. The number of nitrogens with zero attached hydrogens (tertiary/aromatic N) is 4. The number of nitrogens with one attached hydrogen (secondary N) is 1. The van der Waals surface area contributed by atoms with Crippen LogP contribution < -0.4 is 5.32 Å². The van der Waals surface area contributed by atoms with E-state index in [2.05, 4.69) is 52.1 Å². The van der Waals surface area contributed by atoms with Gasteiger partial charge >= 0.3 is 0 Å². The molecule has 0 radical (unpaired) electrons. The highest BCUT2D eigenvalue weighted by Crippen LogP contribution is 2.31. The molecule has 118 valence electrons. The van der Waals surface area contributed by atoms with Crippen LogP contribution in [-0.4, -0.2) is 26.1 Å². The van der Waals surface area contributed by atoms with Crippen molar-refractivity contribution in [2.24, 2.45) is 0 Å². The topological polar surface area (TPSA) is 64.9 Å². The van der Waals surface area contributed by atoms with Gasteiger partial charge in [0.1, 0.15) is 6.23 Å². The van der Waals surface area contributed by atoms with Crippen molar-refractivity contribution in [1.82, 2.24) is 19.5 Å². The summed E-state index contributed by atoms with van der Waals surface area (Å²) in [6.45, 7) is 0.776. The van der Waals surface area contributed by atoms with Crippen LogP contribution in [0.1, 0.15) is 19.1 Å². The lowest BCUT2D eigenvalue weighted by atomic mass is 10.3. The normalized spacial score (nSPS) is 17.7. The highest BCUT2D eigenvalue weighted by Gasteiger charge is 2.22. The van der Waals surface area contributed by atoms with E-state index in [1.54, 1.807) is 6.33 Å². The first-order chi connectivity index (χ1) is 11.2. The highest BCUT2D eigenvalue weighted by molar-refractivity contribution is 9.10. The van der Waals surface area contributed by atoms with Gasteiger partial charge in [0.05, 0.1) is 12.0 Å². The van der Waals surface area contributed by atoms with Crippen molar-refractivity contribution >= 4 is 54.5 Å². The molecule has 0 aliphatic carbocycles. The zero-order valence-corrected chi connectivity index (χ0v) is 15.2. The second kappa shape index (κ2) is 6.18. The molecule has 1 aromatic carbocycles. The molecule has 0 saturated carbocycles. The van der Waals surface area contributed by atoms with Crippen LogP contribution >= 0.6 is 31.9 Å². The second-order valence-corrected chi connectivity index (χ2v) is 6.80. The quantitative estimate of drug-likeness (QED) is 0.613. The number of imidazole rings is 1. The van der Waals surface area contributed by atoms with Crippen molar-refractivity contribution in [2.75, 3.05) is 11.9 Å². The average molecular weight is 439 g/mol. The molecule has 0 spiro atoms. The van der Waals surface area contributed by atoms with Gasteiger partial charge < -0.3 is 10.1 Å². The second-order valence-electron chi connectivity index (χ2n) is 5.24. The van der Waals surface area contributed by atoms with E-state index in [1.807, 2.05) is 28.8 Å². The van der Waals surface area contributed by atoms with Crippen molar-refractivity contribution in [2.45, 2.75) is 19.1 Å². The van der Waals surface area contributed by atoms with Gasteiger partial charge in [0.25, 0.3) is 0 Å². The molecular weight excluding hydrogens is 426 g/mol. The van der Waals surface area contributed by atoms with Crippen molar-refractivity contribution in [3.05, 3.63) is 39.8 Å². The molecule has 23 heavy (non-hydrogen) atoms. The Labute approximate surface area is 149 Å². The Bertz CT molecular complexity index is 860. The van der Waals surface area contributed by atoms with E-state index in [4.69, 9.17) is 4.74 Å². The smallest absolute Gasteiger partial charge is 0.200 e. The lowest BCUT2D eigenvalue weighted by Gasteiger charge is -2.12. The van der Waals surface area contributed by atoms with Crippen molar-refractivity contribution in [3.63, 3.8) is 0 Å². The molecule has 1 aliphatic rings. The Balaban J connectivity index is 1.79. The first-order valence-electron chi connectivity index (χ1n) is 7.25. The number of aromatic nitrogens is 4. The molecule has 6 nitrogen and oxygen atoms in total. The zero-order valence-electron chi connectivity index (χ0n) is 12.0. The van der Waals surface area contributed by atoms with E-state index in [0.717, 1.165) is 40.8 Å². The molecule has 0 amide bonds. The summed E-state index contributed by atoms with van der Waals surface area (Å²) < 4.78 is 9.19. The van der Waals surface area contributed by atoms with E-state index in [9.17, 15) is 0 Å². The van der Waals surface area contributed by atoms with E-state index in [0.29, 0.717) is 10.6 Å². The number of rotatable bonds is 3. The molecule has 3 heterocycles. The van der Waals surface area contributed by atoms with Crippen LogP contribution in [0, 0.1) is 0 Å². The minimum atomic E-state index is -0.00175. The molecule has 3 aromatic rings. The predicted octanol–water partition coefficient (Wildman–Crippen LogP) is 4.40. The van der Waals surface area contributed by atoms with Gasteiger partial charge in [-0.05, 0) is 56.8 Å². The lowest BCUT2D eigenvalue weighted by Crippen LogP contribution is -2.07. The molecule has 2 aromatic heterocycles. The summed E-state index contributed by atoms with van der Waals surface area (Å²) in [6.07, 6.45) is 3.80. The van der Waals surface area contributed by atoms with Gasteiger partial charge in [-0.25, -0.2) is 15.0 Å². The number of anilines is 2. The molecule has 8 heteroatoms. The van der Waals surface area contributed by atoms with Crippen LogP contribution in [0.25, 0.3) is 11.2 Å². The molecule has 1 saturated heterocycles. The van der Waals surface area contributed by atoms with Crippen LogP contribution in [0.15, 0.2) is 39.8 Å². The summed E-state index contributed by atoms with van der Waals surface area (Å²) >= 11 is 6.92. The molecule has 1 atom stereocenters. The van der Waals surface area contributed by atoms with Crippen LogP contribution in [-0.2, 0) is 4.74 Å². The maximum atomic E-state index is 5.74. The summed E-state index contributed by atoms with van der Waals surface area (Å²) in [5.74, 6) is 0.658. The molecule has 1 N–H and O–H groups in total. The number of halogens is 2. The summed E-state index contributed by atoms with van der Waals surface area (Å²) in [4.78, 5) is 13.4. The SMILES string of the molecule is Brc1nc(Nc2ccccc2Br)c2ncn(C3CCCO3)c2n1. The van der Waals surface area contributed by atoms with Gasteiger partial charge in [-0.15, -0.1) is 0 Å². The van der Waals surface area contributed by atoms with Gasteiger partial charge in [-0.2, -0.15) is 0 Å². The summed E-state index contributed by atoms with van der Waals surface area (Å²) in [7, 11) is 0. The number of para-hydroxylation sites is 1. The summed E-state index contributed by atoms with van der Waals surface area (Å²) in [5.41, 5.74) is 2.40. The third kappa shape index (κ3) is 2.86. The first kappa shape index (κ1) is 15.0. The lowest BCUT2D eigenvalue weighted by molar-refractivity contribution is 0.0592. The van der Waals surface area contributed by atoms with Gasteiger partial charge in [-0.3, -0.25) is 4.57 Å². The Hall–Kier alpha value is -1.51. The van der Waals surface area contributed by atoms with Gasteiger partial charge in [0.15, 0.2) is 17.0 Å². The minimum absolute atomic E-state index is 0.00175. The van der Waals surface area contributed by atoms with Crippen LogP contribution in [0.5, 0.6) is 0 Å². The van der Waals surface area contributed by atoms with Gasteiger partial charge in [0, 0.05) is 11.1 Å². The monoisotopic (exact) mass is 437 g/mol. The Kier molecular flexibility index (Phi) is 4.04. The molecule has 1 aliphatic heterocycles. The maximum Gasteiger partial charge on any atom is 0.200 e. The summed E-state index contributed by atoms with van der Waals surface area (Å²) in [5, 5.41) is 3.32. The Morgan fingerprint density at radius 1 is 1.22 bits per heavy atom. The highest BCUT2D eigenvalue weighted by atomic mass is 79.9. The first-order valence-corrected chi connectivity index (χ1v) is 8.84. The van der Waals surface area contributed by atoms with Crippen molar-refractivity contribution in [1.29, 1.82) is 0 Å². The number of fused-ring (bicyclic) bond motifs is 1. The summed E-state index contributed by atoms with van der Waals surface area (Å²) in [6, 6.07) is 7.88. The number of benzene rings is 1. The maximum absolute atomic E-state index is 5.74. The zero-order chi connectivity index (χ0) is 15.8. The third-order valence-electron chi connectivity index (χ3n) is 3.74. The van der Waals surface area contributed by atoms with Crippen molar-refractivity contribution in [3.8, 4) is 0 Å². The Morgan fingerprint density at radius 3 is 2.87 bits per heavy atom. The van der Waals surface area contributed by atoms with Gasteiger partial charge in [0.2, 0.25) is 4.73 Å². The average Bonchev–Trinajstić information content (AvgIpc) is 3.18. The van der Waals surface area contributed by atoms with Crippen LogP contribution in [0.2, 0.25) is 0 Å². The van der Waals surface area contributed by atoms with E-state index < -0.39 is 0 Å². The van der Waals surface area contributed by atoms with Gasteiger partial charge in [-0.1, -0.05) is 12.1 Å². The predicted molar refractivity (Wildman–Crippen MR) is 94.7 cm³/mol. The number of hydrogen-bond donors (Lipinski definition) is 1. The fourth-order valence-electron chi connectivity index (χ4n) is 2.66. The van der Waals surface area contributed by atoms with Crippen LogP contribution in [0.4, 0.5) is 11.5 Å². The fourth-order valence-corrected chi connectivity index (χ4v) is 3.39. The standard InChI is InChI=1S/C15H13Br2N5O/c16-9-4-1-2-5-10(9)19-13-12-14(21-15(17)20-13)22(8-18-12)11-6-3-7-23-11/h1-2,4-5,8,11H,3,6-7H2,(H,19,20,21). The molecule has 1 fully saturated rings. The van der Waals surface area contributed by atoms with E-state index >= 15 is 0 Å². The van der Waals surface area contributed by atoms with E-state index in [1.165, 1.54) is 0 Å². The molecule has 0 bridgehead atoms. The third-order valence-corrected chi connectivity index (χ3v) is 4.78. The molecule has 4 rings (SSSR count). The Morgan fingerprint density at radius 2 is 2.09 bits per heavy atom. The fraction of sp³-hybridized carbons (Fsp3) is 0.267. The minimum Gasteiger partial charge on any atom is -0.358 e.